The van der Waals surface area contributed by atoms with Crippen LogP contribution >= 0.6 is 0 Å². The first-order valence-electron chi connectivity index (χ1n) is 5.69. The van der Waals surface area contributed by atoms with Crippen molar-refractivity contribution in [2.24, 2.45) is 13.0 Å². The van der Waals surface area contributed by atoms with E-state index < -0.39 is 0 Å². The Balaban J connectivity index is 2.17. The Bertz CT molecular complexity index is 449. The van der Waals surface area contributed by atoms with Crippen molar-refractivity contribution in [3.8, 4) is 0 Å². The highest BCUT2D eigenvalue weighted by atomic mass is 16.1. The van der Waals surface area contributed by atoms with Crippen LogP contribution in [0.3, 0.4) is 0 Å². The quantitative estimate of drug-likeness (QED) is 0.633. The molecule has 3 rings (SSSR count). The zero-order valence-electron chi connectivity index (χ0n) is 9.07. The molecule has 0 aliphatic carbocycles. The summed E-state index contributed by atoms with van der Waals surface area (Å²) in [6.07, 6.45) is 5.43. The van der Waals surface area contributed by atoms with Gasteiger partial charge in [0.2, 0.25) is 0 Å². The highest BCUT2D eigenvalue weighted by molar-refractivity contribution is 5.55. The molecule has 1 aromatic heterocycles. The molecule has 1 aromatic rings. The first kappa shape index (κ1) is 9.01. The largest absolute Gasteiger partial charge is 0.371 e. The lowest BCUT2D eigenvalue weighted by atomic mass is 9.86. The SMILES string of the molecule is Cn1ccc2c(c1=O)CC1CCCN2C1. The van der Waals surface area contributed by atoms with Gasteiger partial charge in [-0.1, -0.05) is 0 Å². The molecule has 1 unspecified atom stereocenters. The molecule has 0 aromatic carbocycles. The minimum Gasteiger partial charge on any atom is -0.371 e. The molecular weight excluding hydrogens is 188 g/mol. The second-order valence-corrected chi connectivity index (χ2v) is 4.75. The zero-order valence-corrected chi connectivity index (χ0v) is 9.07. The number of pyridine rings is 1. The van der Waals surface area contributed by atoms with Gasteiger partial charge in [-0.2, -0.15) is 0 Å². The maximum Gasteiger partial charge on any atom is 0.255 e. The highest BCUT2D eigenvalue weighted by Crippen LogP contribution is 2.32. The van der Waals surface area contributed by atoms with Crippen LogP contribution in [-0.4, -0.2) is 17.7 Å². The van der Waals surface area contributed by atoms with Gasteiger partial charge in [-0.25, -0.2) is 0 Å². The molecule has 0 spiro atoms. The summed E-state index contributed by atoms with van der Waals surface area (Å²) in [6.45, 7) is 2.27. The number of anilines is 1. The van der Waals surface area contributed by atoms with Gasteiger partial charge in [0.15, 0.2) is 0 Å². The van der Waals surface area contributed by atoms with Gasteiger partial charge in [0.25, 0.3) is 5.56 Å². The first-order valence-corrected chi connectivity index (χ1v) is 5.69. The van der Waals surface area contributed by atoms with Crippen molar-refractivity contribution in [1.29, 1.82) is 0 Å². The lowest BCUT2D eigenvalue weighted by Crippen LogP contribution is -2.43. The summed E-state index contributed by atoms with van der Waals surface area (Å²) < 4.78 is 1.70. The number of piperidine rings is 1. The van der Waals surface area contributed by atoms with Gasteiger partial charge >= 0.3 is 0 Å². The van der Waals surface area contributed by atoms with Crippen LogP contribution in [0, 0.1) is 5.92 Å². The third-order valence-corrected chi connectivity index (χ3v) is 3.70. The molecule has 3 heteroatoms. The third-order valence-electron chi connectivity index (χ3n) is 3.70. The van der Waals surface area contributed by atoms with E-state index in [0.29, 0.717) is 5.92 Å². The Hall–Kier alpha value is -1.25. The first-order chi connectivity index (χ1) is 7.25. The second kappa shape index (κ2) is 3.12. The molecule has 2 aliphatic rings. The average Bonchev–Trinajstić information content (AvgIpc) is 2.25. The number of aryl methyl sites for hydroxylation is 1. The van der Waals surface area contributed by atoms with Crippen molar-refractivity contribution >= 4 is 5.69 Å². The van der Waals surface area contributed by atoms with Crippen LogP contribution in [0.1, 0.15) is 18.4 Å². The fourth-order valence-electron chi connectivity index (χ4n) is 2.90. The molecule has 1 atom stereocenters. The Labute approximate surface area is 89.3 Å². The Morgan fingerprint density at radius 2 is 2.33 bits per heavy atom. The Kier molecular flexibility index (Phi) is 1.87. The fourth-order valence-corrected chi connectivity index (χ4v) is 2.90. The third kappa shape index (κ3) is 1.29. The highest BCUT2D eigenvalue weighted by Gasteiger charge is 2.29. The maximum atomic E-state index is 12.0. The van der Waals surface area contributed by atoms with Gasteiger partial charge in [-0.05, 0) is 31.2 Å². The van der Waals surface area contributed by atoms with Gasteiger partial charge in [0, 0.05) is 37.6 Å². The van der Waals surface area contributed by atoms with Crippen LogP contribution in [0.2, 0.25) is 0 Å². The molecule has 3 nitrogen and oxygen atoms in total. The summed E-state index contributed by atoms with van der Waals surface area (Å²) in [4.78, 5) is 14.4. The number of hydrogen-bond acceptors (Lipinski definition) is 2. The number of aromatic nitrogens is 1. The van der Waals surface area contributed by atoms with E-state index in [-0.39, 0.29) is 5.56 Å². The van der Waals surface area contributed by atoms with E-state index in [0.717, 1.165) is 25.1 Å². The van der Waals surface area contributed by atoms with Gasteiger partial charge in [-0.3, -0.25) is 4.79 Å². The van der Waals surface area contributed by atoms with Crippen molar-refractivity contribution in [2.75, 3.05) is 18.0 Å². The predicted molar refractivity (Wildman–Crippen MR) is 60.3 cm³/mol. The zero-order chi connectivity index (χ0) is 10.4. The van der Waals surface area contributed by atoms with Crippen molar-refractivity contribution in [1.82, 2.24) is 4.57 Å². The molecule has 15 heavy (non-hydrogen) atoms. The van der Waals surface area contributed by atoms with E-state index >= 15 is 0 Å². The molecule has 2 bridgehead atoms. The van der Waals surface area contributed by atoms with Gasteiger partial charge < -0.3 is 9.47 Å². The average molecular weight is 204 g/mol. The van der Waals surface area contributed by atoms with Gasteiger partial charge in [0.05, 0.1) is 0 Å². The van der Waals surface area contributed by atoms with E-state index in [1.807, 2.05) is 13.2 Å². The lowest BCUT2D eigenvalue weighted by molar-refractivity contribution is 0.393. The van der Waals surface area contributed by atoms with E-state index in [2.05, 4.69) is 11.0 Å². The van der Waals surface area contributed by atoms with Crippen molar-refractivity contribution in [2.45, 2.75) is 19.3 Å². The van der Waals surface area contributed by atoms with Gasteiger partial charge in [-0.15, -0.1) is 0 Å². The van der Waals surface area contributed by atoms with Crippen LogP contribution in [0.4, 0.5) is 5.69 Å². The van der Waals surface area contributed by atoms with E-state index in [9.17, 15) is 4.79 Å². The number of fused-ring (bicyclic) bond motifs is 4. The van der Waals surface area contributed by atoms with Crippen molar-refractivity contribution in [3.63, 3.8) is 0 Å². The summed E-state index contributed by atoms with van der Waals surface area (Å²) in [5.74, 6) is 0.710. The topological polar surface area (TPSA) is 25.2 Å². The monoisotopic (exact) mass is 204 g/mol. The van der Waals surface area contributed by atoms with E-state index in [1.165, 1.54) is 18.5 Å². The molecule has 0 N–H and O–H groups in total. The summed E-state index contributed by atoms with van der Waals surface area (Å²) >= 11 is 0. The normalized spacial score (nSPS) is 23.8. The Morgan fingerprint density at radius 1 is 1.47 bits per heavy atom. The standard InChI is InChI=1S/C12H16N2O/c1-13-6-4-11-10(12(13)15)7-9-3-2-5-14(11)8-9/h4,6,9H,2-3,5,7-8H2,1H3. The van der Waals surface area contributed by atoms with Gasteiger partial charge in [0.1, 0.15) is 0 Å². The van der Waals surface area contributed by atoms with E-state index in [4.69, 9.17) is 0 Å². The van der Waals surface area contributed by atoms with Crippen LogP contribution in [-0.2, 0) is 13.5 Å². The van der Waals surface area contributed by atoms with E-state index in [1.54, 1.807) is 4.57 Å². The minimum atomic E-state index is 0.198. The number of nitrogens with zero attached hydrogens (tertiary/aromatic N) is 2. The summed E-state index contributed by atoms with van der Waals surface area (Å²) in [5.41, 5.74) is 2.43. The minimum absolute atomic E-state index is 0.198. The summed E-state index contributed by atoms with van der Waals surface area (Å²) in [7, 11) is 1.84. The predicted octanol–water partition coefficient (Wildman–Crippen LogP) is 1.16. The number of hydrogen-bond donors (Lipinski definition) is 0. The molecule has 2 aliphatic heterocycles. The molecule has 1 fully saturated rings. The maximum absolute atomic E-state index is 12.0. The van der Waals surface area contributed by atoms with Crippen molar-refractivity contribution in [3.05, 3.63) is 28.2 Å². The summed E-state index contributed by atoms with van der Waals surface area (Å²) in [5, 5.41) is 0. The molecule has 1 saturated heterocycles. The molecule has 0 radical (unpaired) electrons. The lowest BCUT2D eigenvalue weighted by Gasteiger charge is -2.40. The fraction of sp³-hybridized carbons (Fsp3) is 0.583. The Morgan fingerprint density at radius 3 is 3.20 bits per heavy atom. The van der Waals surface area contributed by atoms with Crippen molar-refractivity contribution < 1.29 is 0 Å². The smallest absolute Gasteiger partial charge is 0.255 e. The second-order valence-electron chi connectivity index (χ2n) is 4.75. The van der Waals surface area contributed by atoms with Crippen LogP contribution < -0.4 is 10.5 Å². The van der Waals surface area contributed by atoms with Crippen LogP contribution in [0.5, 0.6) is 0 Å². The number of rotatable bonds is 0. The molecule has 80 valence electrons. The van der Waals surface area contributed by atoms with Crippen LogP contribution in [0.25, 0.3) is 0 Å². The molecule has 3 heterocycles. The summed E-state index contributed by atoms with van der Waals surface area (Å²) in [6, 6.07) is 2.10. The molecule has 0 amide bonds. The molecular formula is C12H16N2O. The molecule has 0 saturated carbocycles. The van der Waals surface area contributed by atoms with Crippen LogP contribution in [0.15, 0.2) is 17.1 Å².